The Labute approximate surface area is 116 Å². The second-order valence-corrected chi connectivity index (χ2v) is 4.57. The lowest BCUT2D eigenvalue weighted by Crippen LogP contribution is -2.19. The summed E-state index contributed by atoms with van der Waals surface area (Å²) >= 11 is 0. The molecule has 0 aliphatic carbocycles. The van der Waals surface area contributed by atoms with Crippen LogP contribution in [-0.2, 0) is 6.54 Å². The molecular formula is C16H14N2O2. The number of amides is 1. The summed E-state index contributed by atoms with van der Waals surface area (Å²) in [4.78, 5) is 13.8. The molecule has 3 N–H and O–H groups in total. The van der Waals surface area contributed by atoms with E-state index in [4.69, 9.17) is 5.11 Å². The van der Waals surface area contributed by atoms with E-state index < -0.39 is 6.09 Å². The minimum absolute atomic E-state index is 0.299. The van der Waals surface area contributed by atoms with Crippen molar-refractivity contribution in [3.63, 3.8) is 0 Å². The fourth-order valence-electron chi connectivity index (χ4n) is 2.39. The highest BCUT2D eigenvalue weighted by Crippen LogP contribution is 2.29. The van der Waals surface area contributed by atoms with Gasteiger partial charge < -0.3 is 15.4 Å². The van der Waals surface area contributed by atoms with Gasteiger partial charge in [0.1, 0.15) is 0 Å². The van der Waals surface area contributed by atoms with Gasteiger partial charge in [0.25, 0.3) is 0 Å². The summed E-state index contributed by atoms with van der Waals surface area (Å²) in [5.74, 6) is 0. The predicted molar refractivity (Wildman–Crippen MR) is 78.6 cm³/mol. The fourth-order valence-corrected chi connectivity index (χ4v) is 2.39. The van der Waals surface area contributed by atoms with Gasteiger partial charge in [-0.2, -0.15) is 0 Å². The second-order valence-electron chi connectivity index (χ2n) is 4.57. The van der Waals surface area contributed by atoms with Crippen molar-refractivity contribution in [3.8, 4) is 11.1 Å². The number of rotatable bonds is 3. The van der Waals surface area contributed by atoms with Gasteiger partial charge in [-0.05, 0) is 11.1 Å². The maximum Gasteiger partial charge on any atom is 0.404 e. The Hall–Kier alpha value is -2.75. The Bertz CT molecular complexity index is 748. The van der Waals surface area contributed by atoms with Crippen molar-refractivity contribution in [2.45, 2.75) is 6.54 Å². The van der Waals surface area contributed by atoms with Crippen molar-refractivity contribution in [2.24, 2.45) is 0 Å². The second kappa shape index (κ2) is 5.09. The zero-order valence-corrected chi connectivity index (χ0v) is 10.8. The van der Waals surface area contributed by atoms with E-state index in [1.807, 2.05) is 36.5 Å². The van der Waals surface area contributed by atoms with Gasteiger partial charge in [-0.15, -0.1) is 0 Å². The minimum atomic E-state index is -1.02. The maximum absolute atomic E-state index is 10.6. The number of para-hydroxylation sites is 1. The molecule has 4 nitrogen and oxygen atoms in total. The molecule has 0 saturated heterocycles. The van der Waals surface area contributed by atoms with Gasteiger partial charge in [-0.3, -0.25) is 0 Å². The summed E-state index contributed by atoms with van der Waals surface area (Å²) in [6.07, 6.45) is 0.839. The topological polar surface area (TPSA) is 65.1 Å². The summed E-state index contributed by atoms with van der Waals surface area (Å²) in [5.41, 5.74) is 4.23. The number of nitrogens with one attached hydrogen (secondary N) is 2. The normalized spacial score (nSPS) is 10.6. The number of aromatic amines is 1. The summed E-state index contributed by atoms with van der Waals surface area (Å²) in [5, 5.41) is 12.1. The average molecular weight is 266 g/mol. The molecular weight excluding hydrogens is 252 g/mol. The number of aromatic nitrogens is 1. The number of carboxylic acid groups (broad SMARTS) is 1. The lowest BCUT2D eigenvalue weighted by atomic mass is 10.0. The van der Waals surface area contributed by atoms with Crippen LogP contribution in [0, 0.1) is 0 Å². The molecule has 0 bridgehead atoms. The van der Waals surface area contributed by atoms with Crippen LogP contribution in [0.3, 0.4) is 0 Å². The Morgan fingerprint density at radius 3 is 2.65 bits per heavy atom. The molecule has 1 heterocycles. The molecule has 0 spiro atoms. The lowest BCUT2D eigenvalue weighted by Gasteiger charge is -2.04. The van der Waals surface area contributed by atoms with Crippen LogP contribution in [0.25, 0.3) is 22.0 Å². The fraction of sp³-hybridized carbons (Fsp3) is 0.0625. The van der Waals surface area contributed by atoms with Crippen molar-refractivity contribution in [1.29, 1.82) is 0 Å². The van der Waals surface area contributed by atoms with Gasteiger partial charge in [-0.25, -0.2) is 4.79 Å². The van der Waals surface area contributed by atoms with Crippen LogP contribution in [0.4, 0.5) is 4.79 Å². The zero-order chi connectivity index (χ0) is 13.9. The number of benzene rings is 2. The van der Waals surface area contributed by atoms with Gasteiger partial charge in [0.15, 0.2) is 0 Å². The molecule has 0 aliphatic heterocycles. The van der Waals surface area contributed by atoms with Crippen LogP contribution in [-0.4, -0.2) is 16.2 Å². The largest absolute Gasteiger partial charge is 0.465 e. The van der Waals surface area contributed by atoms with Gasteiger partial charge in [0, 0.05) is 23.7 Å². The molecule has 4 heteroatoms. The molecule has 1 amide bonds. The molecule has 1 aromatic heterocycles. The van der Waals surface area contributed by atoms with Crippen LogP contribution in [0.5, 0.6) is 0 Å². The summed E-state index contributed by atoms with van der Waals surface area (Å²) < 4.78 is 0. The highest BCUT2D eigenvalue weighted by molar-refractivity contribution is 5.96. The van der Waals surface area contributed by atoms with E-state index >= 15 is 0 Å². The maximum atomic E-state index is 10.6. The lowest BCUT2D eigenvalue weighted by molar-refractivity contribution is 0.194. The average Bonchev–Trinajstić information content (AvgIpc) is 2.89. The Balaban J connectivity index is 2.06. The SMILES string of the molecule is O=C(O)NCc1c[nH]c2c(-c3ccccc3)cccc12. The van der Waals surface area contributed by atoms with Crippen LogP contribution < -0.4 is 5.32 Å². The smallest absolute Gasteiger partial charge is 0.404 e. The third kappa shape index (κ3) is 2.23. The van der Waals surface area contributed by atoms with Gasteiger partial charge >= 0.3 is 6.09 Å². The van der Waals surface area contributed by atoms with Crippen molar-refractivity contribution in [1.82, 2.24) is 10.3 Å². The quantitative estimate of drug-likeness (QED) is 0.678. The first-order valence-corrected chi connectivity index (χ1v) is 6.37. The van der Waals surface area contributed by atoms with Crippen molar-refractivity contribution in [3.05, 3.63) is 60.3 Å². The third-order valence-corrected chi connectivity index (χ3v) is 3.32. The third-order valence-electron chi connectivity index (χ3n) is 3.32. The Kier molecular flexibility index (Phi) is 3.13. The van der Waals surface area contributed by atoms with Crippen LogP contribution >= 0.6 is 0 Å². The number of carbonyl (C=O) groups is 1. The number of hydrogen-bond acceptors (Lipinski definition) is 1. The van der Waals surface area contributed by atoms with Crippen LogP contribution in [0.2, 0.25) is 0 Å². The van der Waals surface area contributed by atoms with E-state index in [0.29, 0.717) is 6.54 Å². The molecule has 0 fully saturated rings. The van der Waals surface area contributed by atoms with Crippen molar-refractivity contribution in [2.75, 3.05) is 0 Å². The first-order chi connectivity index (χ1) is 9.75. The van der Waals surface area contributed by atoms with E-state index in [0.717, 1.165) is 27.6 Å². The predicted octanol–water partition coefficient (Wildman–Crippen LogP) is 3.60. The van der Waals surface area contributed by atoms with Crippen molar-refractivity contribution >= 4 is 17.0 Å². The van der Waals surface area contributed by atoms with E-state index in [-0.39, 0.29) is 0 Å². The number of hydrogen-bond donors (Lipinski definition) is 3. The summed E-state index contributed by atoms with van der Waals surface area (Å²) in [7, 11) is 0. The van der Waals surface area contributed by atoms with Crippen molar-refractivity contribution < 1.29 is 9.90 Å². The Morgan fingerprint density at radius 1 is 1.10 bits per heavy atom. The minimum Gasteiger partial charge on any atom is -0.465 e. The van der Waals surface area contributed by atoms with E-state index in [1.54, 1.807) is 0 Å². The molecule has 0 aliphatic rings. The molecule has 0 unspecified atom stereocenters. The first kappa shape index (κ1) is 12.3. The zero-order valence-electron chi connectivity index (χ0n) is 10.8. The van der Waals surface area contributed by atoms with E-state index in [1.165, 1.54) is 0 Å². The van der Waals surface area contributed by atoms with E-state index in [9.17, 15) is 4.79 Å². The summed E-state index contributed by atoms with van der Waals surface area (Å²) in [6, 6.07) is 16.2. The van der Waals surface area contributed by atoms with Gasteiger partial charge in [0.2, 0.25) is 0 Å². The highest BCUT2D eigenvalue weighted by Gasteiger charge is 2.09. The molecule has 0 atom stereocenters. The standard InChI is InChI=1S/C16H14N2O2/c19-16(20)18-10-12-9-17-15-13(7-4-8-14(12)15)11-5-2-1-3-6-11/h1-9,17-18H,10H2,(H,19,20). The monoisotopic (exact) mass is 266 g/mol. The Morgan fingerprint density at radius 2 is 1.90 bits per heavy atom. The summed E-state index contributed by atoms with van der Waals surface area (Å²) in [6.45, 7) is 0.299. The highest BCUT2D eigenvalue weighted by atomic mass is 16.4. The van der Waals surface area contributed by atoms with Crippen LogP contribution in [0.1, 0.15) is 5.56 Å². The number of fused-ring (bicyclic) bond motifs is 1. The molecule has 3 rings (SSSR count). The molecule has 0 saturated carbocycles. The first-order valence-electron chi connectivity index (χ1n) is 6.37. The van der Waals surface area contributed by atoms with Gasteiger partial charge in [0.05, 0.1) is 5.52 Å². The van der Waals surface area contributed by atoms with Crippen LogP contribution in [0.15, 0.2) is 54.7 Å². The number of H-pyrrole nitrogens is 1. The van der Waals surface area contributed by atoms with Gasteiger partial charge in [-0.1, -0.05) is 48.5 Å². The van der Waals surface area contributed by atoms with E-state index in [2.05, 4.69) is 28.5 Å². The molecule has 100 valence electrons. The molecule has 2 aromatic carbocycles. The molecule has 3 aromatic rings. The molecule has 20 heavy (non-hydrogen) atoms. The molecule has 0 radical (unpaired) electrons.